The van der Waals surface area contributed by atoms with Gasteiger partial charge in [-0.2, -0.15) is 0 Å². The second-order valence-corrected chi connectivity index (χ2v) is 22.5. The minimum absolute atomic E-state index is 0.0318. The smallest absolute Gasteiger partial charge is 0.0579 e. The second-order valence-electron chi connectivity index (χ2n) is 21.4. The third-order valence-corrected chi connectivity index (χ3v) is 15.9. The Morgan fingerprint density at radius 1 is 0.556 bits per heavy atom. The van der Waals surface area contributed by atoms with Crippen LogP contribution in [-0.4, -0.2) is 18.7 Å². The van der Waals surface area contributed by atoms with E-state index in [9.17, 15) is 0 Å². The van der Waals surface area contributed by atoms with Crippen molar-refractivity contribution in [2.24, 2.45) is 11.3 Å². The van der Waals surface area contributed by atoms with E-state index in [4.69, 9.17) is 13.8 Å². The molecule has 1 atom stereocenters. The van der Waals surface area contributed by atoms with Crippen LogP contribution in [0.1, 0.15) is 67.9 Å². The van der Waals surface area contributed by atoms with E-state index in [0.717, 1.165) is 60.7 Å². The van der Waals surface area contributed by atoms with Crippen LogP contribution in [0.3, 0.4) is 0 Å². The van der Waals surface area contributed by atoms with Gasteiger partial charge in [-0.15, -0.1) is 0 Å². The third-order valence-electron chi connectivity index (χ3n) is 14.9. The quantitative estimate of drug-likeness (QED) is 0.152. The molecule has 3 heterocycles. The number of ether oxygens (including phenoxy) is 1. The Kier molecular flexibility index (Phi) is 10.4. The molecule has 11 aromatic rings. The molecule has 0 amide bonds. The van der Waals surface area contributed by atoms with Crippen LogP contribution in [0.2, 0.25) is 0 Å². The first-order valence-electron chi connectivity index (χ1n) is 26.4. The van der Waals surface area contributed by atoms with Crippen LogP contribution in [0.5, 0.6) is 11.5 Å². The van der Waals surface area contributed by atoms with Crippen LogP contribution < -0.4 is 4.74 Å². The Labute approximate surface area is 437 Å². The average Bonchev–Trinajstić information content (AvgIpc) is 4.10. The van der Waals surface area contributed by atoms with Gasteiger partial charge in [0.1, 0.15) is 0 Å². The van der Waals surface area contributed by atoms with Crippen LogP contribution in [0, 0.1) is 22.0 Å². The van der Waals surface area contributed by atoms with Gasteiger partial charge in [-0.1, -0.05) is 57.2 Å². The molecule has 0 bridgehead atoms. The van der Waals surface area contributed by atoms with Gasteiger partial charge in [-0.3, -0.25) is 0 Å². The van der Waals surface area contributed by atoms with Crippen molar-refractivity contribution >= 4 is 32.8 Å². The maximum atomic E-state index is 8.71. The number of benzene rings is 8. The number of rotatable bonds is 8. The summed E-state index contributed by atoms with van der Waals surface area (Å²) in [7, 11) is 0. The Balaban J connectivity index is 0.979. The van der Waals surface area contributed by atoms with Crippen molar-refractivity contribution in [1.82, 2.24) is 18.7 Å². The van der Waals surface area contributed by atoms with Gasteiger partial charge in [0.15, 0.2) is 0 Å². The monoisotopic (exact) mass is 1120 g/mol. The number of para-hydroxylation sites is 3. The molecule has 1 unspecified atom stereocenters. The summed E-state index contributed by atoms with van der Waals surface area (Å²) in [6.45, 7) is 11.3. The van der Waals surface area contributed by atoms with Gasteiger partial charge in [-0.25, -0.2) is 0 Å². The number of imidazole rings is 1. The number of nitrogens with zero attached hydrogens (tertiary/aromatic N) is 4. The fourth-order valence-electron chi connectivity index (χ4n) is 11.0. The molecule has 358 valence electrons. The number of aromatic nitrogens is 4. The van der Waals surface area contributed by atoms with Crippen molar-refractivity contribution in [3.8, 4) is 62.1 Å². The molecule has 0 saturated carbocycles. The number of pyridine rings is 1. The predicted molar refractivity (Wildman–Crippen MR) is 295 cm³/mol. The summed E-state index contributed by atoms with van der Waals surface area (Å²) < 4.78 is 40.9. The first kappa shape index (κ1) is 42.4. The Hall–Kier alpha value is -7.33. The van der Waals surface area contributed by atoms with E-state index in [-0.39, 0.29) is 16.4 Å². The zero-order valence-corrected chi connectivity index (χ0v) is 43.8. The molecule has 0 aliphatic heterocycles. The minimum Gasteiger partial charge on any atom is -0.0579 e. The molecule has 0 radical (unpaired) electrons. The molecule has 8 aromatic carbocycles. The molecular weight excluding hydrogens is 1060 g/mol. The summed E-state index contributed by atoms with van der Waals surface area (Å²) >= 11 is 2.53. The van der Waals surface area contributed by atoms with Crippen molar-refractivity contribution in [1.29, 1.82) is 0 Å². The van der Waals surface area contributed by atoms with Crippen LogP contribution in [0.4, 0.5) is 0 Å². The summed E-state index contributed by atoms with van der Waals surface area (Å²) in [6.07, 6.45) is 3.78. The number of fused-ring (bicyclic) bond motifs is 5. The molecule has 72 heavy (non-hydrogen) atoms. The normalized spacial score (nSPS) is 14.7. The average molecular weight is 1120 g/mol. The fourth-order valence-corrected chi connectivity index (χ4v) is 12.1. The number of hydrogen-bond acceptors (Lipinski definition) is 2. The van der Waals surface area contributed by atoms with Crippen molar-refractivity contribution < 1.29 is 28.2 Å². The zero-order chi connectivity index (χ0) is 52.0. The van der Waals surface area contributed by atoms with Crippen molar-refractivity contribution in [2.75, 3.05) is 0 Å². The van der Waals surface area contributed by atoms with E-state index in [2.05, 4.69) is 214 Å². The van der Waals surface area contributed by atoms with E-state index in [1.165, 1.54) is 44.6 Å². The van der Waals surface area contributed by atoms with Crippen LogP contribution >= 0.6 is 0 Å². The summed E-state index contributed by atoms with van der Waals surface area (Å²) in [5.41, 5.74) is 16.9. The SMILES string of the molecule is [2H]C([2H])([2H])c1cc(-n2c3ccccc3c3ccc(Oc4cccc(-n5[c](=[Pt])n(-c6c(-c7ccccc7)cc7c(c6-c6ccccc6)CC(C(C)(C)C)C7)c6ccccc65)c4)cc32)ncc1-c1ccc(C(C)(C)C)cc1. The van der Waals surface area contributed by atoms with Gasteiger partial charge in [0.05, 0.1) is 0 Å². The molecule has 3 aromatic heterocycles. The molecule has 12 rings (SSSR count). The Morgan fingerprint density at radius 2 is 1.19 bits per heavy atom. The van der Waals surface area contributed by atoms with Crippen molar-refractivity contribution in [3.63, 3.8) is 0 Å². The molecule has 1 aliphatic rings. The van der Waals surface area contributed by atoms with Crippen molar-refractivity contribution in [2.45, 2.75) is 66.7 Å². The van der Waals surface area contributed by atoms with Gasteiger partial charge in [0, 0.05) is 15.9 Å². The molecule has 0 fully saturated rings. The third kappa shape index (κ3) is 7.99. The van der Waals surface area contributed by atoms with Crippen LogP contribution in [0.15, 0.2) is 194 Å². The van der Waals surface area contributed by atoms with Gasteiger partial charge < -0.3 is 0 Å². The molecule has 0 spiro atoms. The second kappa shape index (κ2) is 17.8. The van der Waals surface area contributed by atoms with Gasteiger partial charge in [0.2, 0.25) is 0 Å². The van der Waals surface area contributed by atoms with Crippen LogP contribution in [-0.2, 0) is 37.6 Å². The molecule has 0 saturated heterocycles. The van der Waals surface area contributed by atoms with Gasteiger partial charge in [-0.05, 0) is 29.0 Å². The van der Waals surface area contributed by atoms with E-state index >= 15 is 0 Å². The van der Waals surface area contributed by atoms with E-state index in [1.807, 2.05) is 42.5 Å². The first-order valence-corrected chi connectivity index (χ1v) is 26.1. The zero-order valence-electron chi connectivity index (χ0n) is 44.5. The Morgan fingerprint density at radius 3 is 1.90 bits per heavy atom. The number of hydrogen-bond donors (Lipinski definition) is 0. The van der Waals surface area contributed by atoms with Crippen molar-refractivity contribution in [3.05, 3.63) is 220 Å². The summed E-state index contributed by atoms with van der Waals surface area (Å²) in [6, 6.07) is 65.6. The minimum atomic E-state index is -2.39. The predicted octanol–water partition coefficient (Wildman–Crippen LogP) is 17.2. The summed E-state index contributed by atoms with van der Waals surface area (Å²) in [5.74, 6) is 2.36. The maximum absolute atomic E-state index is 8.71. The van der Waals surface area contributed by atoms with E-state index < -0.39 is 6.85 Å². The fraction of sp³-hybridized carbons (Fsp3) is 0.182. The van der Waals surface area contributed by atoms with E-state index in [0.29, 0.717) is 28.8 Å². The summed E-state index contributed by atoms with van der Waals surface area (Å²) in [5, 5.41) is 2.04. The first-order chi connectivity index (χ1) is 36.0. The molecular formula is C66H58N4OPt. The van der Waals surface area contributed by atoms with Crippen LogP contribution in [0.25, 0.3) is 83.4 Å². The van der Waals surface area contributed by atoms with E-state index in [1.54, 1.807) is 12.3 Å². The number of aryl methyl sites for hydroxylation is 1. The molecule has 1 aliphatic carbocycles. The van der Waals surface area contributed by atoms with Gasteiger partial charge >= 0.3 is 338 Å². The molecule has 6 heteroatoms. The standard InChI is InChI=1S/C66H58N4O.Pt/c1-43-35-62(67-41-57(43)45-29-31-48(32-30-45)65(2,3)4)70-58-26-15-14-25-53(58)54-34-33-52(40-61(54)70)71-51-24-18-23-50(39-51)68-42-69(60-28-17-16-27-59(60)68)64-56(44-19-10-8-11-20-44)37-47-36-49(66(5,6)7)38-55(47)63(64)46-21-12-9-13-22-46;/h8-35,37,39-41,49H,36,38H2,1-7H3;/i1D3;. The molecule has 0 N–H and O–H groups in total. The van der Waals surface area contributed by atoms with Gasteiger partial charge in [0.25, 0.3) is 0 Å². The molecule has 5 nitrogen and oxygen atoms in total. The topological polar surface area (TPSA) is 36.9 Å². The Bertz CT molecular complexity index is 4060. The summed E-state index contributed by atoms with van der Waals surface area (Å²) in [4.78, 5) is 5.00.